The largest absolute Gasteiger partial charge is 0.497 e. The van der Waals surface area contributed by atoms with Crippen LogP contribution in [0.3, 0.4) is 0 Å². The number of rotatable bonds is 13. The van der Waals surface area contributed by atoms with Crippen molar-refractivity contribution in [3.05, 3.63) is 69.8 Å². The van der Waals surface area contributed by atoms with Gasteiger partial charge in [-0.2, -0.15) is 0 Å². The second-order valence-corrected chi connectivity index (χ2v) is 8.49. The second kappa shape index (κ2) is 13.5. The van der Waals surface area contributed by atoms with Crippen LogP contribution >= 0.6 is 11.8 Å². The fourth-order valence-corrected chi connectivity index (χ4v) is 4.18. The maximum absolute atomic E-state index is 13.2. The summed E-state index contributed by atoms with van der Waals surface area (Å²) < 4.78 is 5.29. The molecule has 0 aromatic heterocycles. The third kappa shape index (κ3) is 8.09. The van der Waals surface area contributed by atoms with Gasteiger partial charge in [0, 0.05) is 31.0 Å². The number of nitro groups is 1. The number of non-ortho nitro benzene ring substituents is 1. The van der Waals surface area contributed by atoms with E-state index in [1.807, 2.05) is 38.1 Å². The molecule has 0 aliphatic rings. The molecule has 0 radical (unpaired) electrons. The van der Waals surface area contributed by atoms with Gasteiger partial charge in [-0.05, 0) is 36.1 Å². The first-order valence-corrected chi connectivity index (χ1v) is 12.1. The summed E-state index contributed by atoms with van der Waals surface area (Å²) in [6.45, 7) is 4.74. The third-order valence-corrected chi connectivity index (χ3v) is 6.05. The lowest BCUT2D eigenvalue weighted by Gasteiger charge is -2.30. The van der Waals surface area contributed by atoms with E-state index in [0.29, 0.717) is 31.0 Å². The van der Waals surface area contributed by atoms with Gasteiger partial charge in [0.25, 0.3) is 5.69 Å². The molecule has 2 amide bonds. The number of nitrogens with zero attached hydrogens (tertiary/aromatic N) is 2. The van der Waals surface area contributed by atoms with Crippen molar-refractivity contribution in [2.24, 2.45) is 0 Å². The van der Waals surface area contributed by atoms with E-state index >= 15 is 0 Å². The standard InChI is InChI=1S/C24H31N3O5S/c1-4-13-25-24(29)22(5-2)26(15-19-7-6-8-21(14-19)32-3)23(28)17-33-16-18-9-11-20(12-10-18)27(30)31/h6-12,14,22H,4-5,13,15-17H2,1-3H3,(H,25,29). The van der Waals surface area contributed by atoms with E-state index in [-0.39, 0.29) is 23.3 Å². The summed E-state index contributed by atoms with van der Waals surface area (Å²) in [6.07, 6.45) is 1.31. The van der Waals surface area contributed by atoms with Crippen LogP contribution < -0.4 is 10.1 Å². The quantitative estimate of drug-likeness (QED) is 0.346. The minimum Gasteiger partial charge on any atom is -0.497 e. The Bertz CT molecular complexity index is 936. The number of ether oxygens (including phenoxy) is 1. The van der Waals surface area contributed by atoms with Gasteiger partial charge in [-0.1, -0.05) is 38.1 Å². The number of carbonyl (C=O) groups is 2. The van der Waals surface area contributed by atoms with Crippen LogP contribution in [0, 0.1) is 10.1 Å². The molecule has 2 rings (SSSR count). The molecular formula is C24H31N3O5S. The molecule has 0 aliphatic carbocycles. The van der Waals surface area contributed by atoms with Crippen LogP contribution in [-0.2, 0) is 21.9 Å². The molecular weight excluding hydrogens is 442 g/mol. The van der Waals surface area contributed by atoms with Crippen LogP contribution in [0.5, 0.6) is 5.75 Å². The zero-order valence-electron chi connectivity index (χ0n) is 19.3. The van der Waals surface area contributed by atoms with E-state index in [4.69, 9.17) is 4.74 Å². The number of nitrogens with one attached hydrogen (secondary N) is 1. The SMILES string of the molecule is CCCNC(=O)C(CC)N(Cc1cccc(OC)c1)C(=O)CSCc1ccc([N+](=O)[O-])cc1. The molecule has 0 fully saturated rings. The van der Waals surface area contributed by atoms with Crippen LogP contribution in [0.2, 0.25) is 0 Å². The van der Waals surface area contributed by atoms with E-state index in [2.05, 4.69) is 5.32 Å². The van der Waals surface area contributed by atoms with E-state index in [1.54, 1.807) is 24.1 Å². The van der Waals surface area contributed by atoms with Crippen LogP contribution in [0.4, 0.5) is 5.69 Å². The molecule has 0 bridgehead atoms. The van der Waals surface area contributed by atoms with Crippen LogP contribution in [0.1, 0.15) is 37.8 Å². The predicted octanol–water partition coefficient (Wildman–Crippen LogP) is 4.17. The maximum atomic E-state index is 13.2. The zero-order valence-corrected chi connectivity index (χ0v) is 20.1. The lowest BCUT2D eigenvalue weighted by molar-refractivity contribution is -0.384. The first-order valence-electron chi connectivity index (χ1n) is 10.9. The molecule has 0 aliphatic heterocycles. The van der Waals surface area contributed by atoms with Crippen molar-refractivity contribution in [3.8, 4) is 5.75 Å². The highest BCUT2D eigenvalue weighted by molar-refractivity contribution is 7.99. The summed E-state index contributed by atoms with van der Waals surface area (Å²) in [5.74, 6) is 1.13. The van der Waals surface area contributed by atoms with E-state index in [1.165, 1.54) is 23.9 Å². The smallest absolute Gasteiger partial charge is 0.269 e. The van der Waals surface area contributed by atoms with Gasteiger partial charge < -0.3 is 15.0 Å². The summed E-state index contributed by atoms with van der Waals surface area (Å²) >= 11 is 1.42. The van der Waals surface area contributed by atoms with Crippen molar-refractivity contribution < 1.29 is 19.2 Å². The second-order valence-electron chi connectivity index (χ2n) is 7.50. The van der Waals surface area contributed by atoms with Gasteiger partial charge in [0.2, 0.25) is 11.8 Å². The molecule has 0 saturated heterocycles. The van der Waals surface area contributed by atoms with Crippen LogP contribution in [0.25, 0.3) is 0 Å². The van der Waals surface area contributed by atoms with Gasteiger partial charge >= 0.3 is 0 Å². The molecule has 1 unspecified atom stereocenters. The van der Waals surface area contributed by atoms with Gasteiger partial charge in [0.05, 0.1) is 17.8 Å². The molecule has 1 atom stereocenters. The maximum Gasteiger partial charge on any atom is 0.269 e. The monoisotopic (exact) mass is 473 g/mol. The fourth-order valence-electron chi connectivity index (χ4n) is 3.31. The van der Waals surface area contributed by atoms with Crippen molar-refractivity contribution in [2.45, 2.75) is 45.0 Å². The summed E-state index contributed by atoms with van der Waals surface area (Å²) in [4.78, 5) is 38.0. The molecule has 0 saturated carbocycles. The lowest BCUT2D eigenvalue weighted by atomic mass is 10.1. The number of methoxy groups -OCH3 is 1. The third-order valence-electron chi connectivity index (χ3n) is 5.06. The average molecular weight is 474 g/mol. The van der Waals surface area contributed by atoms with Crippen molar-refractivity contribution in [3.63, 3.8) is 0 Å². The van der Waals surface area contributed by atoms with Crippen LogP contribution in [-0.4, -0.2) is 47.1 Å². The summed E-state index contributed by atoms with van der Waals surface area (Å²) in [7, 11) is 1.59. The van der Waals surface area contributed by atoms with E-state index in [0.717, 1.165) is 17.5 Å². The molecule has 1 N–H and O–H groups in total. The minimum atomic E-state index is -0.574. The van der Waals surface area contributed by atoms with Gasteiger partial charge in [-0.3, -0.25) is 19.7 Å². The number of thioether (sulfide) groups is 1. The van der Waals surface area contributed by atoms with Crippen molar-refractivity contribution in [1.82, 2.24) is 10.2 Å². The summed E-state index contributed by atoms with van der Waals surface area (Å²) in [5, 5.41) is 13.7. The Hall–Kier alpha value is -3.07. The highest BCUT2D eigenvalue weighted by Crippen LogP contribution is 2.20. The Morgan fingerprint density at radius 3 is 2.48 bits per heavy atom. The van der Waals surface area contributed by atoms with Gasteiger partial charge in [0.1, 0.15) is 11.8 Å². The number of hydrogen-bond acceptors (Lipinski definition) is 6. The van der Waals surface area contributed by atoms with Gasteiger partial charge in [-0.15, -0.1) is 11.8 Å². The topological polar surface area (TPSA) is 102 Å². The average Bonchev–Trinajstić information content (AvgIpc) is 2.82. The predicted molar refractivity (Wildman–Crippen MR) is 130 cm³/mol. The molecule has 8 nitrogen and oxygen atoms in total. The van der Waals surface area contributed by atoms with Gasteiger partial charge in [-0.25, -0.2) is 0 Å². The minimum absolute atomic E-state index is 0.0353. The molecule has 178 valence electrons. The molecule has 0 heterocycles. The summed E-state index contributed by atoms with van der Waals surface area (Å²) in [6, 6.07) is 13.2. The van der Waals surface area contributed by atoms with Crippen LogP contribution in [0.15, 0.2) is 48.5 Å². The molecule has 2 aromatic rings. The van der Waals surface area contributed by atoms with Gasteiger partial charge in [0.15, 0.2) is 0 Å². The van der Waals surface area contributed by atoms with E-state index in [9.17, 15) is 19.7 Å². The fraction of sp³-hybridized carbons (Fsp3) is 0.417. The number of amides is 2. The Balaban J connectivity index is 2.11. The van der Waals surface area contributed by atoms with Crippen molar-refractivity contribution in [1.29, 1.82) is 0 Å². The highest BCUT2D eigenvalue weighted by atomic mass is 32.2. The number of benzene rings is 2. The first-order chi connectivity index (χ1) is 15.9. The Kier molecular flexibility index (Phi) is 10.7. The Morgan fingerprint density at radius 2 is 1.88 bits per heavy atom. The number of hydrogen-bond donors (Lipinski definition) is 1. The lowest BCUT2D eigenvalue weighted by Crippen LogP contribution is -2.49. The number of carbonyl (C=O) groups excluding carboxylic acids is 2. The first kappa shape index (κ1) is 26.2. The molecule has 0 spiro atoms. The normalized spacial score (nSPS) is 11.5. The molecule has 33 heavy (non-hydrogen) atoms. The zero-order chi connectivity index (χ0) is 24.2. The Labute approximate surface area is 198 Å². The highest BCUT2D eigenvalue weighted by Gasteiger charge is 2.28. The molecule has 2 aromatic carbocycles. The van der Waals surface area contributed by atoms with Crippen molar-refractivity contribution in [2.75, 3.05) is 19.4 Å². The van der Waals surface area contributed by atoms with Crippen molar-refractivity contribution >= 4 is 29.3 Å². The number of nitro benzene ring substituents is 1. The Morgan fingerprint density at radius 1 is 1.15 bits per heavy atom. The molecule has 9 heteroatoms. The summed E-state index contributed by atoms with van der Waals surface area (Å²) in [5.41, 5.74) is 1.81. The van der Waals surface area contributed by atoms with E-state index < -0.39 is 11.0 Å².